The van der Waals surface area contributed by atoms with E-state index in [-0.39, 0.29) is 0 Å². The summed E-state index contributed by atoms with van der Waals surface area (Å²) in [5.74, 6) is 0. The number of likely N-dealkylation sites (N-methyl/N-ethyl adjacent to an activating group) is 1. The molecular weight excluding hydrogens is 202 g/mol. The lowest BCUT2D eigenvalue weighted by Gasteiger charge is -2.21. The second-order valence-corrected chi connectivity index (χ2v) is 4.22. The maximum Gasteiger partial charge on any atom is 0.298 e. The number of rotatable bonds is 2. The predicted molar refractivity (Wildman–Crippen MR) is 63.7 cm³/mol. The van der Waals surface area contributed by atoms with E-state index >= 15 is 0 Å². The zero-order chi connectivity index (χ0) is 11.0. The molecule has 1 aromatic carbocycles. The normalized spacial score (nSPS) is 20.4. The summed E-state index contributed by atoms with van der Waals surface area (Å²) >= 11 is 0. The van der Waals surface area contributed by atoms with Crippen molar-refractivity contribution in [2.24, 2.45) is 0 Å². The smallest absolute Gasteiger partial charge is 0.298 e. The fourth-order valence-electron chi connectivity index (χ4n) is 2.14. The molecule has 1 N–H and O–H groups in total. The third-order valence-electron chi connectivity index (χ3n) is 3.17. The van der Waals surface area contributed by atoms with Gasteiger partial charge in [0.15, 0.2) is 5.58 Å². The van der Waals surface area contributed by atoms with E-state index < -0.39 is 0 Å². The summed E-state index contributed by atoms with van der Waals surface area (Å²) in [7, 11) is 2.04. The Morgan fingerprint density at radius 1 is 1.44 bits per heavy atom. The van der Waals surface area contributed by atoms with Crippen molar-refractivity contribution in [1.82, 2.24) is 10.3 Å². The number of nitrogens with zero attached hydrogens (tertiary/aromatic N) is 2. The van der Waals surface area contributed by atoms with Crippen LogP contribution in [0.5, 0.6) is 0 Å². The second-order valence-electron chi connectivity index (χ2n) is 4.22. The first kappa shape index (κ1) is 9.66. The molecule has 2 heterocycles. The quantitative estimate of drug-likeness (QED) is 0.830. The highest BCUT2D eigenvalue weighted by Gasteiger charge is 2.22. The number of aromatic nitrogens is 1. The number of anilines is 1. The van der Waals surface area contributed by atoms with Gasteiger partial charge in [0, 0.05) is 19.6 Å². The topological polar surface area (TPSA) is 41.3 Å². The van der Waals surface area contributed by atoms with E-state index in [2.05, 4.69) is 15.2 Å². The van der Waals surface area contributed by atoms with Crippen LogP contribution in [0.3, 0.4) is 0 Å². The first-order valence-corrected chi connectivity index (χ1v) is 5.64. The number of nitrogens with one attached hydrogen (secondary N) is 1. The molecule has 3 rings (SSSR count). The maximum atomic E-state index is 5.73. The van der Waals surface area contributed by atoms with Gasteiger partial charge >= 0.3 is 0 Å². The van der Waals surface area contributed by atoms with Crippen molar-refractivity contribution in [2.45, 2.75) is 12.5 Å². The molecule has 0 unspecified atom stereocenters. The third kappa shape index (κ3) is 1.55. The van der Waals surface area contributed by atoms with Gasteiger partial charge in [-0.1, -0.05) is 12.1 Å². The highest BCUT2D eigenvalue weighted by molar-refractivity contribution is 5.74. The van der Waals surface area contributed by atoms with Gasteiger partial charge in [0.1, 0.15) is 5.52 Å². The fraction of sp³-hybridized carbons (Fsp3) is 0.417. The lowest BCUT2D eigenvalue weighted by atomic mass is 10.2. The highest BCUT2D eigenvalue weighted by Crippen LogP contribution is 2.23. The number of fused-ring (bicyclic) bond motifs is 1. The Morgan fingerprint density at radius 2 is 2.31 bits per heavy atom. The number of hydrogen-bond acceptors (Lipinski definition) is 4. The molecule has 1 fully saturated rings. The van der Waals surface area contributed by atoms with Crippen LogP contribution in [0.2, 0.25) is 0 Å². The van der Waals surface area contributed by atoms with Crippen molar-refractivity contribution < 1.29 is 4.42 Å². The van der Waals surface area contributed by atoms with Gasteiger partial charge in [0.2, 0.25) is 0 Å². The van der Waals surface area contributed by atoms with E-state index in [9.17, 15) is 0 Å². The highest BCUT2D eigenvalue weighted by atomic mass is 16.4. The van der Waals surface area contributed by atoms with Crippen LogP contribution in [0, 0.1) is 0 Å². The van der Waals surface area contributed by atoms with Crippen LogP contribution in [0.15, 0.2) is 28.7 Å². The van der Waals surface area contributed by atoms with Crippen LogP contribution >= 0.6 is 0 Å². The van der Waals surface area contributed by atoms with E-state index in [0.29, 0.717) is 6.04 Å². The zero-order valence-corrected chi connectivity index (χ0v) is 9.31. The van der Waals surface area contributed by atoms with Gasteiger partial charge in [-0.2, -0.15) is 4.98 Å². The molecule has 0 radical (unpaired) electrons. The van der Waals surface area contributed by atoms with Crippen LogP contribution < -0.4 is 10.2 Å². The SMILES string of the molecule is CN(c1nc2ccccc2o1)[C@H]1CCNC1. The lowest BCUT2D eigenvalue weighted by molar-refractivity contribution is 0.548. The zero-order valence-electron chi connectivity index (χ0n) is 9.31. The second kappa shape index (κ2) is 3.79. The minimum atomic E-state index is 0.494. The van der Waals surface area contributed by atoms with Crippen molar-refractivity contribution in [3.8, 4) is 0 Å². The van der Waals surface area contributed by atoms with E-state index in [4.69, 9.17) is 4.42 Å². The van der Waals surface area contributed by atoms with Crippen molar-refractivity contribution in [3.05, 3.63) is 24.3 Å². The van der Waals surface area contributed by atoms with Crippen molar-refractivity contribution in [2.75, 3.05) is 25.0 Å². The number of hydrogen-bond donors (Lipinski definition) is 1. The van der Waals surface area contributed by atoms with Crippen molar-refractivity contribution in [1.29, 1.82) is 0 Å². The van der Waals surface area contributed by atoms with Gasteiger partial charge in [-0.05, 0) is 25.1 Å². The Hall–Kier alpha value is -1.55. The first-order valence-electron chi connectivity index (χ1n) is 5.64. The predicted octanol–water partition coefficient (Wildman–Crippen LogP) is 1.63. The standard InChI is InChI=1S/C12H15N3O/c1-15(9-6-7-13-8-9)12-14-10-4-2-3-5-11(10)16-12/h2-5,9,13H,6-8H2,1H3/t9-/m0/s1. The van der Waals surface area contributed by atoms with Crippen LogP contribution in [0.1, 0.15) is 6.42 Å². The van der Waals surface area contributed by atoms with Gasteiger partial charge in [-0.3, -0.25) is 0 Å². The number of oxazole rings is 1. The van der Waals surface area contributed by atoms with Crippen LogP contribution in [-0.4, -0.2) is 31.2 Å². The molecule has 2 aromatic rings. The molecule has 1 saturated heterocycles. The molecule has 4 heteroatoms. The maximum absolute atomic E-state index is 5.73. The molecule has 0 spiro atoms. The van der Waals surface area contributed by atoms with Crippen LogP contribution in [-0.2, 0) is 0 Å². The molecule has 1 aromatic heterocycles. The van der Waals surface area contributed by atoms with E-state index in [0.717, 1.165) is 36.6 Å². The summed E-state index contributed by atoms with van der Waals surface area (Å²) in [5.41, 5.74) is 1.78. The molecular formula is C12H15N3O. The lowest BCUT2D eigenvalue weighted by Crippen LogP contribution is -2.33. The van der Waals surface area contributed by atoms with E-state index in [1.54, 1.807) is 0 Å². The van der Waals surface area contributed by atoms with E-state index in [1.807, 2.05) is 31.3 Å². The summed E-state index contributed by atoms with van der Waals surface area (Å²) in [6, 6.07) is 9.08. The third-order valence-corrected chi connectivity index (χ3v) is 3.17. The molecule has 4 nitrogen and oxygen atoms in total. The van der Waals surface area contributed by atoms with Gasteiger partial charge in [-0.15, -0.1) is 0 Å². The first-order chi connectivity index (χ1) is 7.84. The Morgan fingerprint density at radius 3 is 3.06 bits per heavy atom. The van der Waals surface area contributed by atoms with Gasteiger partial charge in [0.05, 0.1) is 0 Å². The van der Waals surface area contributed by atoms with Crippen molar-refractivity contribution in [3.63, 3.8) is 0 Å². The molecule has 0 bridgehead atoms. The van der Waals surface area contributed by atoms with E-state index in [1.165, 1.54) is 0 Å². The Kier molecular flexibility index (Phi) is 2.29. The molecule has 84 valence electrons. The average Bonchev–Trinajstić information content (AvgIpc) is 2.97. The largest absolute Gasteiger partial charge is 0.423 e. The molecule has 0 aliphatic carbocycles. The summed E-state index contributed by atoms with van der Waals surface area (Å²) in [5, 5.41) is 3.35. The van der Waals surface area contributed by atoms with Crippen molar-refractivity contribution >= 4 is 17.1 Å². The van der Waals surface area contributed by atoms with Gasteiger partial charge < -0.3 is 14.6 Å². The van der Waals surface area contributed by atoms with Gasteiger partial charge in [0.25, 0.3) is 6.01 Å². The van der Waals surface area contributed by atoms with Gasteiger partial charge in [-0.25, -0.2) is 0 Å². The molecule has 16 heavy (non-hydrogen) atoms. The van der Waals surface area contributed by atoms with Crippen LogP contribution in [0.25, 0.3) is 11.1 Å². The number of para-hydroxylation sites is 2. The average molecular weight is 217 g/mol. The minimum Gasteiger partial charge on any atom is -0.423 e. The minimum absolute atomic E-state index is 0.494. The Balaban J connectivity index is 1.92. The molecule has 1 atom stereocenters. The Bertz CT molecular complexity index is 455. The van der Waals surface area contributed by atoms with Crippen LogP contribution in [0.4, 0.5) is 6.01 Å². The monoisotopic (exact) mass is 217 g/mol. The fourth-order valence-corrected chi connectivity index (χ4v) is 2.14. The molecule has 0 amide bonds. The number of benzene rings is 1. The summed E-state index contributed by atoms with van der Waals surface area (Å²) in [6.45, 7) is 2.09. The summed E-state index contributed by atoms with van der Waals surface area (Å²) in [4.78, 5) is 6.61. The Labute approximate surface area is 94.3 Å². The summed E-state index contributed by atoms with van der Waals surface area (Å²) in [6.07, 6.45) is 1.15. The molecule has 1 aliphatic heterocycles. The summed E-state index contributed by atoms with van der Waals surface area (Å²) < 4.78 is 5.73. The molecule has 1 aliphatic rings. The molecule has 0 saturated carbocycles.